The van der Waals surface area contributed by atoms with Gasteiger partial charge in [0.05, 0.1) is 0 Å². The van der Waals surface area contributed by atoms with Gasteiger partial charge >= 0.3 is 0 Å². The van der Waals surface area contributed by atoms with Crippen LogP contribution in [0.4, 0.5) is 0 Å². The second-order valence-electron chi connectivity index (χ2n) is 3.83. The molecule has 0 atom stereocenters. The van der Waals surface area contributed by atoms with Crippen molar-refractivity contribution in [3.8, 4) is 23.0 Å². The van der Waals surface area contributed by atoms with Crippen LogP contribution >= 0.6 is 0 Å². The van der Waals surface area contributed by atoms with Crippen molar-refractivity contribution in [1.29, 1.82) is 0 Å². The van der Waals surface area contributed by atoms with E-state index < -0.39 is 5.75 Å². The molecular formula is C14H12O4. The van der Waals surface area contributed by atoms with Crippen LogP contribution in [-0.4, -0.2) is 20.4 Å². The zero-order valence-corrected chi connectivity index (χ0v) is 9.41. The van der Waals surface area contributed by atoms with Crippen LogP contribution in [-0.2, 0) is 0 Å². The zero-order chi connectivity index (χ0) is 13.1. The summed E-state index contributed by atoms with van der Waals surface area (Å²) in [4.78, 5) is 0. The predicted octanol–water partition coefficient (Wildman–Crippen LogP) is 2.68. The van der Waals surface area contributed by atoms with E-state index in [1.54, 1.807) is 36.4 Å². The Balaban J connectivity index is 2.26. The number of phenols is 4. The maximum atomic E-state index is 9.34. The molecule has 0 saturated carbocycles. The van der Waals surface area contributed by atoms with Gasteiger partial charge in [-0.05, 0) is 35.4 Å². The lowest BCUT2D eigenvalue weighted by molar-refractivity contribution is 0.368. The van der Waals surface area contributed by atoms with E-state index in [9.17, 15) is 15.3 Å². The molecule has 0 aliphatic heterocycles. The van der Waals surface area contributed by atoms with Crippen LogP contribution in [0.3, 0.4) is 0 Å². The average molecular weight is 244 g/mol. The van der Waals surface area contributed by atoms with E-state index >= 15 is 0 Å². The van der Waals surface area contributed by atoms with Gasteiger partial charge in [-0.15, -0.1) is 0 Å². The van der Waals surface area contributed by atoms with Crippen molar-refractivity contribution >= 4 is 12.2 Å². The second kappa shape index (κ2) is 4.71. The molecule has 0 heterocycles. The van der Waals surface area contributed by atoms with E-state index in [0.717, 1.165) is 5.56 Å². The summed E-state index contributed by atoms with van der Waals surface area (Å²) >= 11 is 0. The Bertz CT molecular complexity index is 562. The van der Waals surface area contributed by atoms with Crippen molar-refractivity contribution in [1.82, 2.24) is 0 Å². The molecule has 0 spiro atoms. The first-order valence-corrected chi connectivity index (χ1v) is 5.28. The van der Waals surface area contributed by atoms with E-state index in [2.05, 4.69) is 0 Å². The van der Waals surface area contributed by atoms with E-state index in [4.69, 9.17) is 5.11 Å². The van der Waals surface area contributed by atoms with E-state index in [-0.39, 0.29) is 17.2 Å². The summed E-state index contributed by atoms with van der Waals surface area (Å²) in [5, 5.41) is 37.0. The van der Waals surface area contributed by atoms with Crippen molar-refractivity contribution in [2.75, 3.05) is 0 Å². The van der Waals surface area contributed by atoms with Gasteiger partial charge < -0.3 is 20.4 Å². The summed E-state index contributed by atoms with van der Waals surface area (Å²) in [6.45, 7) is 0. The fourth-order valence-electron chi connectivity index (χ4n) is 1.50. The second-order valence-corrected chi connectivity index (χ2v) is 3.83. The van der Waals surface area contributed by atoms with Gasteiger partial charge in [0.15, 0.2) is 17.2 Å². The lowest BCUT2D eigenvalue weighted by Gasteiger charge is -2.02. The highest BCUT2D eigenvalue weighted by Gasteiger charge is 2.06. The van der Waals surface area contributed by atoms with Crippen LogP contribution in [0.2, 0.25) is 0 Å². The van der Waals surface area contributed by atoms with Crippen molar-refractivity contribution in [3.05, 3.63) is 47.5 Å². The summed E-state index contributed by atoms with van der Waals surface area (Å²) in [6.07, 6.45) is 3.43. The molecule has 0 amide bonds. The van der Waals surface area contributed by atoms with Gasteiger partial charge in [-0.25, -0.2) is 0 Å². The number of aromatic hydroxyl groups is 4. The molecule has 0 aliphatic rings. The number of hydrogen-bond donors (Lipinski definition) is 4. The van der Waals surface area contributed by atoms with Crippen molar-refractivity contribution in [2.45, 2.75) is 0 Å². The minimum Gasteiger partial charge on any atom is -0.508 e. The minimum atomic E-state index is -0.531. The Hall–Kier alpha value is -2.62. The molecule has 0 radical (unpaired) electrons. The van der Waals surface area contributed by atoms with E-state index in [1.807, 2.05) is 0 Å². The molecular weight excluding hydrogens is 232 g/mol. The quantitative estimate of drug-likeness (QED) is 0.483. The third kappa shape index (κ3) is 2.55. The molecule has 2 aromatic carbocycles. The van der Waals surface area contributed by atoms with E-state index in [1.165, 1.54) is 12.1 Å². The Kier molecular flexibility index (Phi) is 3.10. The molecule has 0 unspecified atom stereocenters. The number of hydrogen-bond acceptors (Lipinski definition) is 4. The van der Waals surface area contributed by atoms with Crippen LogP contribution in [0, 0.1) is 0 Å². The average Bonchev–Trinajstić information content (AvgIpc) is 2.35. The van der Waals surface area contributed by atoms with Crippen molar-refractivity contribution < 1.29 is 20.4 Å². The summed E-state index contributed by atoms with van der Waals surface area (Å²) in [5.74, 6) is -1.09. The lowest BCUT2D eigenvalue weighted by Crippen LogP contribution is -1.76. The highest BCUT2D eigenvalue weighted by Crippen LogP contribution is 2.35. The maximum absolute atomic E-state index is 9.34. The summed E-state index contributed by atoms with van der Waals surface area (Å²) < 4.78 is 0. The van der Waals surface area contributed by atoms with Gasteiger partial charge in [-0.1, -0.05) is 24.3 Å². The summed E-state index contributed by atoms with van der Waals surface area (Å²) in [6, 6.07) is 9.26. The molecule has 0 saturated heterocycles. The topological polar surface area (TPSA) is 80.9 Å². The first-order valence-electron chi connectivity index (χ1n) is 5.28. The molecule has 0 aromatic heterocycles. The van der Waals surface area contributed by atoms with Crippen molar-refractivity contribution in [3.63, 3.8) is 0 Å². The lowest BCUT2D eigenvalue weighted by atomic mass is 10.1. The fraction of sp³-hybridized carbons (Fsp3) is 0. The third-order valence-electron chi connectivity index (χ3n) is 2.45. The molecule has 18 heavy (non-hydrogen) atoms. The zero-order valence-electron chi connectivity index (χ0n) is 9.41. The molecule has 92 valence electrons. The van der Waals surface area contributed by atoms with Crippen LogP contribution in [0.5, 0.6) is 23.0 Å². The summed E-state index contributed by atoms with van der Waals surface area (Å²) in [7, 11) is 0. The highest BCUT2D eigenvalue weighted by atomic mass is 16.3. The third-order valence-corrected chi connectivity index (χ3v) is 2.45. The Labute approximate surface area is 104 Å². The molecule has 4 heteroatoms. The molecule has 2 aromatic rings. The van der Waals surface area contributed by atoms with Crippen LogP contribution in [0.25, 0.3) is 12.2 Å². The van der Waals surface area contributed by atoms with Gasteiger partial charge in [-0.3, -0.25) is 0 Å². The summed E-state index contributed by atoms with van der Waals surface area (Å²) in [5.41, 5.74) is 1.41. The smallest absolute Gasteiger partial charge is 0.200 e. The van der Waals surface area contributed by atoms with E-state index in [0.29, 0.717) is 5.56 Å². The van der Waals surface area contributed by atoms with Gasteiger partial charge in [0.2, 0.25) is 0 Å². The van der Waals surface area contributed by atoms with Crippen LogP contribution in [0.15, 0.2) is 36.4 Å². The normalized spacial score (nSPS) is 10.9. The minimum absolute atomic E-state index is 0.187. The molecule has 0 aliphatic carbocycles. The largest absolute Gasteiger partial charge is 0.508 e. The molecule has 0 bridgehead atoms. The Morgan fingerprint density at radius 3 is 1.72 bits per heavy atom. The Morgan fingerprint density at radius 1 is 0.667 bits per heavy atom. The monoisotopic (exact) mass is 244 g/mol. The predicted molar refractivity (Wildman–Crippen MR) is 68.5 cm³/mol. The fourth-order valence-corrected chi connectivity index (χ4v) is 1.50. The molecule has 0 fully saturated rings. The van der Waals surface area contributed by atoms with Gasteiger partial charge in [-0.2, -0.15) is 0 Å². The standard InChI is InChI=1S/C14H12O4/c15-11-5-3-9(4-6-11)1-2-10-7-12(16)14(18)13(17)8-10/h1-8,15-18H/b2-1+. The number of rotatable bonds is 2. The van der Waals surface area contributed by atoms with Gasteiger partial charge in [0.25, 0.3) is 0 Å². The molecule has 4 nitrogen and oxygen atoms in total. The molecule has 4 N–H and O–H groups in total. The molecule has 2 rings (SSSR count). The highest BCUT2D eigenvalue weighted by molar-refractivity contribution is 5.72. The first-order chi connectivity index (χ1) is 8.56. The van der Waals surface area contributed by atoms with Crippen LogP contribution < -0.4 is 0 Å². The SMILES string of the molecule is Oc1ccc(/C=C/c2cc(O)c(O)c(O)c2)cc1. The maximum Gasteiger partial charge on any atom is 0.200 e. The van der Waals surface area contributed by atoms with Gasteiger partial charge in [0, 0.05) is 0 Å². The number of phenolic OH excluding ortho intramolecular Hbond substituents is 4. The number of benzene rings is 2. The van der Waals surface area contributed by atoms with Crippen molar-refractivity contribution in [2.24, 2.45) is 0 Å². The van der Waals surface area contributed by atoms with Gasteiger partial charge in [0.1, 0.15) is 5.75 Å². The first kappa shape index (κ1) is 11.9. The Morgan fingerprint density at radius 2 is 1.17 bits per heavy atom. The van der Waals surface area contributed by atoms with Crippen LogP contribution in [0.1, 0.15) is 11.1 Å².